The summed E-state index contributed by atoms with van der Waals surface area (Å²) >= 11 is 1.59. The first-order valence-corrected chi connectivity index (χ1v) is 7.70. The summed E-state index contributed by atoms with van der Waals surface area (Å²) in [6.45, 7) is 4.99. The quantitative estimate of drug-likeness (QED) is 0.839. The Bertz CT molecular complexity index is 480. The Balaban J connectivity index is 2.16. The number of carbonyl (C=O) groups is 1. The van der Waals surface area contributed by atoms with Gasteiger partial charge in [-0.1, -0.05) is 6.07 Å². The third kappa shape index (κ3) is 3.37. The number of hydrogen-bond acceptors (Lipinski definition) is 5. The van der Waals surface area contributed by atoms with Crippen molar-refractivity contribution in [3.8, 4) is 11.5 Å². The normalized spacial score (nSPS) is 21.7. The first kappa shape index (κ1) is 15.0. The summed E-state index contributed by atoms with van der Waals surface area (Å²) in [6, 6.07) is 5.25. The molecule has 0 saturated carbocycles. The van der Waals surface area contributed by atoms with E-state index in [0.29, 0.717) is 24.7 Å². The van der Waals surface area contributed by atoms with Gasteiger partial charge in [0.2, 0.25) is 0 Å². The van der Waals surface area contributed by atoms with Crippen LogP contribution in [-0.4, -0.2) is 36.1 Å². The van der Waals surface area contributed by atoms with Gasteiger partial charge in [-0.15, -0.1) is 11.8 Å². The van der Waals surface area contributed by atoms with Gasteiger partial charge in [-0.2, -0.15) is 0 Å². The molecule has 1 aliphatic heterocycles. The van der Waals surface area contributed by atoms with Gasteiger partial charge in [-0.05, 0) is 31.5 Å². The molecule has 0 amide bonds. The second-order valence-corrected chi connectivity index (χ2v) is 5.48. The van der Waals surface area contributed by atoms with Crippen molar-refractivity contribution in [2.24, 2.45) is 0 Å². The maximum atomic E-state index is 11.0. The zero-order valence-corrected chi connectivity index (χ0v) is 12.4. The van der Waals surface area contributed by atoms with Gasteiger partial charge in [0.05, 0.1) is 18.6 Å². The van der Waals surface area contributed by atoms with Crippen LogP contribution in [0.4, 0.5) is 0 Å². The van der Waals surface area contributed by atoms with E-state index in [1.54, 1.807) is 11.8 Å². The maximum Gasteiger partial charge on any atom is 0.321 e. The largest absolute Gasteiger partial charge is 0.490 e. The number of rotatable bonds is 6. The fourth-order valence-corrected chi connectivity index (χ4v) is 3.26. The highest BCUT2D eigenvalue weighted by Crippen LogP contribution is 2.37. The molecular weight excluding hydrogens is 278 g/mol. The number of benzene rings is 1. The van der Waals surface area contributed by atoms with Crippen molar-refractivity contribution >= 4 is 17.7 Å². The summed E-state index contributed by atoms with van der Waals surface area (Å²) in [5.74, 6) is 1.18. The van der Waals surface area contributed by atoms with Crippen molar-refractivity contribution in [1.82, 2.24) is 5.32 Å². The van der Waals surface area contributed by atoms with E-state index in [4.69, 9.17) is 14.6 Å². The number of carboxylic acids is 1. The van der Waals surface area contributed by atoms with Crippen LogP contribution in [0.25, 0.3) is 0 Å². The molecule has 0 aromatic heterocycles. The Morgan fingerprint density at radius 2 is 2.05 bits per heavy atom. The molecule has 0 aliphatic carbocycles. The van der Waals surface area contributed by atoms with Crippen molar-refractivity contribution < 1.29 is 19.4 Å². The topological polar surface area (TPSA) is 67.8 Å². The molecule has 1 heterocycles. The third-order valence-electron chi connectivity index (χ3n) is 2.95. The van der Waals surface area contributed by atoms with Crippen LogP contribution in [0, 0.1) is 0 Å². The average Bonchev–Trinajstić information content (AvgIpc) is 2.91. The standard InChI is InChI=1S/C14H19NO4S/c1-3-18-11-6-5-9(7-12(11)19-4-2)13-15-10(8-20-13)14(16)17/h5-7,10,13,15H,3-4,8H2,1-2H3,(H,16,17)/t10-,13-/m0/s1. The van der Waals surface area contributed by atoms with Crippen LogP contribution in [0.15, 0.2) is 18.2 Å². The first-order chi connectivity index (χ1) is 9.65. The summed E-state index contributed by atoms with van der Waals surface area (Å²) in [4.78, 5) is 11.0. The van der Waals surface area contributed by atoms with E-state index in [9.17, 15) is 4.79 Å². The number of hydrogen-bond donors (Lipinski definition) is 2. The van der Waals surface area contributed by atoms with Crippen LogP contribution in [-0.2, 0) is 4.79 Å². The first-order valence-electron chi connectivity index (χ1n) is 6.65. The molecule has 0 radical (unpaired) electrons. The minimum atomic E-state index is -0.809. The monoisotopic (exact) mass is 297 g/mol. The third-order valence-corrected chi connectivity index (χ3v) is 4.22. The fourth-order valence-electron chi connectivity index (χ4n) is 2.04. The molecule has 0 bridgehead atoms. The number of ether oxygens (including phenoxy) is 2. The van der Waals surface area contributed by atoms with Gasteiger partial charge in [-0.25, -0.2) is 0 Å². The number of carboxylic acid groups (broad SMARTS) is 1. The SMILES string of the molecule is CCOc1ccc([C@H]2N[C@H](C(=O)O)CS2)cc1OCC. The van der Waals surface area contributed by atoms with Gasteiger partial charge >= 0.3 is 5.97 Å². The minimum Gasteiger partial charge on any atom is -0.490 e. The second-order valence-electron chi connectivity index (χ2n) is 4.34. The van der Waals surface area contributed by atoms with E-state index in [-0.39, 0.29) is 5.37 Å². The van der Waals surface area contributed by atoms with Gasteiger partial charge in [0.1, 0.15) is 6.04 Å². The highest BCUT2D eigenvalue weighted by molar-refractivity contribution is 7.99. The summed E-state index contributed by atoms with van der Waals surface area (Å²) in [7, 11) is 0. The van der Waals surface area contributed by atoms with E-state index >= 15 is 0 Å². The average molecular weight is 297 g/mol. The molecule has 1 aromatic rings. The number of nitrogens with one attached hydrogen (secondary N) is 1. The van der Waals surface area contributed by atoms with Gasteiger partial charge in [0, 0.05) is 5.75 Å². The number of thioether (sulfide) groups is 1. The summed E-state index contributed by atoms with van der Waals surface area (Å²) in [5, 5.41) is 12.1. The second kappa shape index (κ2) is 6.85. The van der Waals surface area contributed by atoms with Crippen LogP contribution in [0.5, 0.6) is 11.5 Å². The molecule has 2 rings (SSSR count). The van der Waals surface area contributed by atoms with Gasteiger partial charge < -0.3 is 14.6 Å². The molecule has 1 aromatic carbocycles. The lowest BCUT2D eigenvalue weighted by molar-refractivity contribution is -0.138. The molecule has 0 spiro atoms. The Morgan fingerprint density at radius 3 is 2.65 bits per heavy atom. The molecule has 1 saturated heterocycles. The summed E-state index contributed by atoms with van der Waals surface area (Å²) in [6.07, 6.45) is 0. The maximum absolute atomic E-state index is 11.0. The van der Waals surface area contributed by atoms with E-state index in [0.717, 1.165) is 11.3 Å². The smallest absolute Gasteiger partial charge is 0.321 e. The summed E-state index contributed by atoms with van der Waals surface area (Å²) < 4.78 is 11.1. The van der Waals surface area contributed by atoms with E-state index in [1.165, 1.54) is 0 Å². The van der Waals surface area contributed by atoms with Gasteiger partial charge in [0.15, 0.2) is 11.5 Å². The molecule has 6 heteroatoms. The minimum absolute atomic E-state index is 0.0222. The molecule has 1 aliphatic rings. The zero-order chi connectivity index (χ0) is 14.5. The van der Waals surface area contributed by atoms with Crippen LogP contribution in [0.2, 0.25) is 0 Å². The highest BCUT2D eigenvalue weighted by Gasteiger charge is 2.30. The van der Waals surface area contributed by atoms with Crippen molar-refractivity contribution in [1.29, 1.82) is 0 Å². The molecule has 5 nitrogen and oxygen atoms in total. The lowest BCUT2D eigenvalue weighted by atomic mass is 10.2. The van der Waals surface area contributed by atoms with Crippen LogP contribution in [0.3, 0.4) is 0 Å². The molecule has 2 N–H and O–H groups in total. The van der Waals surface area contributed by atoms with Crippen molar-refractivity contribution in [2.45, 2.75) is 25.3 Å². The lowest BCUT2D eigenvalue weighted by Gasteiger charge is -2.16. The molecule has 0 unspecified atom stereocenters. The van der Waals surface area contributed by atoms with E-state index < -0.39 is 12.0 Å². The number of aliphatic carboxylic acids is 1. The van der Waals surface area contributed by atoms with Crippen molar-refractivity contribution in [3.63, 3.8) is 0 Å². The van der Waals surface area contributed by atoms with Crippen LogP contribution in [0.1, 0.15) is 24.8 Å². The predicted molar refractivity (Wildman–Crippen MR) is 78.5 cm³/mol. The van der Waals surface area contributed by atoms with Crippen molar-refractivity contribution in [2.75, 3.05) is 19.0 Å². The van der Waals surface area contributed by atoms with Crippen LogP contribution < -0.4 is 14.8 Å². The highest BCUT2D eigenvalue weighted by atomic mass is 32.2. The van der Waals surface area contributed by atoms with E-state index in [2.05, 4.69) is 5.32 Å². The molecule has 20 heavy (non-hydrogen) atoms. The summed E-state index contributed by atoms with van der Waals surface area (Å²) in [5.41, 5.74) is 1.01. The van der Waals surface area contributed by atoms with Gasteiger partial charge in [-0.3, -0.25) is 10.1 Å². The molecule has 1 fully saturated rings. The zero-order valence-electron chi connectivity index (χ0n) is 11.6. The Kier molecular flexibility index (Phi) is 5.14. The van der Waals surface area contributed by atoms with Gasteiger partial charge in [0.25, 0.3) is 0 Å². The molecular formula is C14H19NO4S. The Morgan fingerprint density at radius 1 is 1.35 bits per heavy atom. The Hall–Kier alpha value is -1.40. The molecule has 110 valence electrons. The predicted octanol–water partition coefficient (Wildman–Crippen LogP) is 2.27. The van der Waals surface area contributed by atoms with Crippen molar-refractivity contribution in [3.05, 3.63) is 23.8 Å². The molecule has 2 atom stereocenters. The van der Waals surface area contributed by atoms with E-state index in [1.807, 2.05) is 32.0 Å². The lowest BCUT2D eigenvalue weighted by Crippen LogP contribution is -2.33. The van der Waals surface area contributed by atoms with Crippen LogP contribution >= 0.6 is 11.8 Å². The Labute approximate surface area is 122 Å². The fraction of sp³-hybridized carbons (Fsp3) is 0.500.